The molecule has 2 rings (SSSR count). The standard InChI is InChI=1S/C14H13ClN2O3/c1-8(2)20-10-5-3-9(4-6-10)13-16-7-11(14(18)19)12(15)17-13/h3-8H,1-2H3,(H,18,19). The van der Waals surface area contributed by atoms with Crippen LogP contribution in [0.15, 0.2) is 30.5 Å². The maximum atomic E-state index is 10.8. The molecule has 0 aliphatic heterocycles. The molecular formula is C14H13ClN2O3. The zero-order valence-electron chi connectivity index (χ0n) is 11.0. The molecule has 0 aliphatic carbocycles. The minimum Gasteiger partial charge on any atom is -0.491 e. The minimum atomic E-state index is -1.15. The highest BCUT2D eigenvalue weighted by atomic mass is 35.5. The first kappa shape index (κ1) is 14.3. The van der Waals surface area contributed by atoms with E-state index in [2.05, 4.69) is 9.97 Å². The van der Waals surface area contributed by atoms with E-state index in [9.17, 15) is 4.79 Å². The Kier molecular flexibility index (Phi) is 4.20. The number of carbonyl (C=O) groups is 1. The maximum Gasteiger partial charge on any atom is 0.340 e. The monoisotopic (exact) mass is 292 g/mol. The van der Waals surface area contributed by atoms with Crippen LogP contribution in [0.3, 0.4) is 0 Å². The second-order valence-electron chi connectivity index (χ2n) is 4.39. The minimum absolute atomic E-state index is 0.0787. The lowest BCUT2D eigenvalue weighted by Gasteiger charge is -2.09. The topological polar surface area (TPSA) is 72.3 Å². The Morgan fingerprint density at radius 3 is 2.45 bits per heavy atom. The van der Waals surface area contributed by atoms with Crippen molar-refractivity contribution in [1.29, 1.82) is 0 Å². The van der Waals surface area contributed by atoms with Gasteiger partial charge < -0.3 is 9.84 Å². The fraction of sp³-hybridized carbons (Fsp3) is 0.214. The van der Waals surface area contributed by atoms with Crippen molar-refractivity contribution in [1.82, 2.24) is 9.97 Å². The van der Waals surface area contributed by atoms with Crippen LogP contribution < -0.4 is 4.74 Å². The van der Waals surface area contributed by atoms with E-state index in [-0.39, 0.29) is 16.8 Å². The number of aromatic nitrogens is 2. The van der Waals surface area contributed by atoms with Crippen molar-refractivity contribution in [2.45, 2.75) is 20.0 Å². The normalized spacial score (nSPS) is 10.6. The molecule has 0 spiro atoms. The molecule has 1 aromatic carbocycles. The molecular weight excluding hydrogens is 280 g/mol. The predicted molar refractivity (Wildman–Crippen MR) is 75.2 cm³/mol. The summed E-state index contributed by atoms with van der Waals surface area (Å²) in [6.07, 6.45) is 1.30. The number of benzene rings is 1. The van der Waals surface area contributed by atoms with Gasteiger partial charge in [-0.3, -0.25) is 0 Å². The van der Waals surface area contributed by atoms with Crippen LogP contribution in [0.4, 0.5) is 0 Å². The van der Waals surface area contributed by atoms with Gasteiger partial charge in [-0.05, 0) is 38.1 Å². The van der Waals surface area contributed by atoms with Crippen molar-refractivity contribution in [3.05, 3.63) is 41.2 Å². The molecule has 0 saturated heterocycles. The number of nitrogens with zero attached hydrogens (tertiary/aromatic N) is 2. The van der Waals surface area contributed by atoms with Gasteiger partial charge in [0.2, 0.25) is 0 Å². The highest BCUT2D eigenvalue weighted by Gasteiger charge is 2.12. The zero-order valence-corrected chi connectivity index (χ0v) is 11.8. The van der Waals surface area contributed by atoms with Crippen molar-refractivity contribution in [2.24, 2.45) is 0 Å². The van der Waals surface area contributed by atoms with Crippen LogP contribution in [0.25, 0.3) is 11.4 Å². The average Bonchev–Trinajstić information content (AvgIpc) is 2.38. The number of hydrogen-bond donors (Lipinski definition) is 1. The smallest absolute Gasteiger partial charge is 0.340 e. The summed E-state index contributed by atoms with van der Waals surface area (Å²) in [5.74, 6) is -0.0321. The molecule has 2 aromatic rings. The van der Waals surface area contributed by atoms with Gasteiger partial charge in [0.15, 0.2) is 5.82 Å². The van der Waals surface area contributed by atoms with E-state index in [1.807, 2.05) is 13.8 Å². The average molecular weight is 293 g/mol. The number of ether oxygens (including phenoxy) is 1. The lowest BCUT2D eigenvalue weighted by molar-refractivity contribution is 0.0696. The zero-order chi connectivity index (χ0) is 14.7. The molecule has 0 atom stereocenters. The van der Waals surface area contributed by atoms with E-state index in [4.69, 9.17) is 21.4 Å². The molecule has 1 heterocycles. The van der Waals surface area contributed by atoms with Crippen molar-refractivity contribution < 1.29 is 14.6 Å². The molecule has 0 unspecified atom stereocenters. The largest absolute Gasteiger partial charge is 0.491 e. The predicted octanol–water partition coefficient (Wildman–Crippen LogP) is 3.28. The van der Waals surface area contributed by atoms with Gasteiger partial charge in [0.25, 0.3) is 0 Å². The van der Waals surface area contributed by atoms with Crippen LogP contribution in [0.5, 0.6) is 5.75 Å². The van der Waals surface area contributed by atoms with Crippen LogP contribution in [0.1, 0.15) is 24.2 Å². The van der Waals surface area contributed by atoms with E-state index in [0.29, 0.717) is 5.82 Å². The maximum absolute atomic E-state index is 10.8. The van der Waals surface area contributed by atoms with Crippen LogP contribution in [-0.2, 0) is 0 Å². The molecule has 0 amide bonds. The number of halogens is 1. The molecule has 0 radical (unpaired) electrons. The molecule has 20 heavy (non-hydrogen) atoms. The van der Waals surface area contributed by atoms with Gasteiger partial charge in [0.05, 0.1) is 6.10 Å². The van der Waals surface area contributed by atoms with Gasteiger partial charge in [-0.25, -0.2) is 14.8 Å². The van der Waals surface area contributed by atoms with Gasteiger partial charge in [-0.2, -0.15) is 0 Å². The Hall–Kier alpha value is -2.14. The van der Waals surface area contributed by atoms with Gasteiger partial charge in [-0.1, -0.05) is 11.6 Å². The molecule has 6 heteroatoms. The lowest BCUT2D eigenvalue weighted by Crippen LogP contribution is -2.05. The Balaban J connectivity index is 2.28. The molecule has 0 fully saturated rings. The fourth-order valence-corrected chi connectivity index (χ4v) is 1.81. The van der Waals surface area contributed by atoms with Gasteiger partial charge in [0, 0.05) is 11.8 Å². The second-order valence-corrected chi connectivity index (χ2v) is 4.75. The molecule has 104 valence electrons. The fourth-order valence-electron chi connectivity index (χ4n) is 1.60. The third kappa shape index (κ3) is 3.24. The molecule has 0 aliphatic rings. The van der Waals surface area contributed by atoms with E-state index in [0.717, 1.165) is 11.3 Å². The Bertz CT molecular complexity index is 627. The third-order valence-electron chi connectivity index (χ3n) is 2.46. The number of hydrogen-bond acceptors (Lipinski definition) is 4. The Morgan fingerprint density at radius 2 is 1.95 bits per heavy atom. The Labute approximate surface area is 121 Å². The van der Waals surface area contributed by atoms with Crippen molar-refractivity contribution in [3.63, 3.8) is 0 Å². The quantitative estimate of drug-likeness (QED) is 0.876. The van der Waals surface area contributed by atoms with Crippen LogP contribution in [-0.4, -0.2) is 27.1 Å². The first-order chi connectivity index (χ1) is 9.47. The van der Waals surface area contributed by atoms with Gasteiger partial charge >= 0.3 is 5.97 Å². The van der Waals surface area contributed by atoms with Crippen molar-refractivity contribution >= 4 is 17.6 Å². The van der Waals surface area contributed by atoms with Crippen LogP contribution in [0.2, 0.25) is 5.15 Å². The molecule has 5 nitrogen and oxygen atoms in total. The summed E-state index contributed by atoms with van der Waals surface area (Å²) in [4.78, 5) is 18.8. The highest BCUT2D eigenvalue weighted by Crippen LogP contribution is 2.22. The third-order valence-corrected chi connectivity index (χ3v) is 2.75. The number of carboxylic acid groups (broad SMARTS) is 1. The highest BCUT2D eigenvalue weighted by molar-refractivity contribution is 6.32. The summed E-state index contributed by atoms with van der Waals surface area (Å²) in [7, 11) is 0. The molecule has 0 bridgehead atoms. The van der Waals surface area contributed by atoms with Gasteiger partial charge in [-0.15, -0.1) is 0 Å². The summed E-state index contributed by atoms with van der Waals surface area (Å²) < 4.78 is 5.53. The van der Waals surface area contributed by atoms with Crippen LogP contribution >= 0.6 is 11.6 Å². The summed E-state index contributed by atoms with van der Waals surface area (Å²) in [6.45, 7) is 3.89. The van der Waals surface area contributed by atoms with Crippen molar-refractivity contribution in [3.8, 4) is 17.1 Å². The number of rotatable bonds is 4. The SMILES string of the molecule is CC(C)Oc1ccc(-c2ncc(C(=O)O)c(Cl)n2)cc1. The molecule has 0 saturated carbocycles. The molecule has 1 aromatic heterocycles. The first-order valence-corrected chi connectivity index (χ1v) is 6.38. The lowest BCUT2D eigenvalue weighted by atomic mass is 10.2. The van der Waals surface area contributed by atoms with Crippen LogP contribution in [0, 0.1) is 0 Å². The van der Waals surface area contributed by atoms with E-state index in [1.165, 1.54) is 6.20 Å². The number of carboxylic acids is 1. The molecule has 1 N–H and O–H groups in total. The van der Waals surface area contributed by atoms with Gasteiger partial charge in [0.1, 0.15) is 16.5 Å². The van der Waals surface area contributed by atoms with E-state index >= 15 is 0 Å². The second kappa shape index (κ2) is 5.88. The summed E-state index contributed by atoms with van der Waals surface area (Å²) >= 11 is 5.82. The first-order valence-electron chi connectivity index (χ1n) is 6.00. The Morgan fingerprint density at radius 1 is 1.30 bits per heavy atom. The summed E-state index contributed by atoms with van der Waals surface area (Å²) in [5.41, 5.74) is 0.620. The van der Waals surface area contributed by atoms with Crippen molar-refractivity contribution in [2.75, 3.05) is 0 Å². The summed E-state index contributed by atoms with van der Waals surface area (Å²) in [6, 6.07) is 7.20. The van der Waals surface area contributed by atoms with E-state index in [1.54, 1.807) is 24.3 Å². The summed E-state index contributed by atoms with van der Waals surface area (Å²) in [5, 5.41) is 8.79. The van der Waals surface area contributed by atoms with E-state index < -0.39 is 5.97 Å². The number of aromatic carboxylic acids is 1.